The summed E-state index contributed by atoms with van der Waals surface area (Å²) in [6, 6.07) is 1.98. The van der Waals surface area contributed by atoms with E-state index in [4.69, 9.17) is 4.74 Å². The van der Waals surface area contributed by atoms with Gasteiger partial charge in [-0.1, -0.05) is 0 Å². The van der Waals surface area contributed by atoms with Crippen LogP contribution in [0.3, 0.4) is 0 Å². The molecule has 58 valence electrons. The zero-order valence-electron chi connectivity index (χ0n) is 6.17. The SMILES string of the molecule is Cc1ccnc(C2CO2)c1Br. The van der Waals surface area contributed by atoms with E-state index < -0.39 is 0 Å². The third-order valence-electron chi connectivity index (χ3n) is 1.75. The maximum atomic E-state index is 5.14. The Hall–Kier alpha value is -0.410. The second kappa shape index (κ2) is 2.57. The maximum Gasteiger partial charge on any atom is 0.124 e. The van der Waals surface area contributed by atoms with Crippen LogP contribution in [-0.4, -0.2) is 11.6 Å². The Morgan fingerprint density at radius 3 is 3.09 bits per heavy atom. The molecule has 1 saturated heterocycles. The molecule has 2 heterocycles. The lowest BCUT2D eigenvalue weighted by atomic mass is 10.2. The lowest BCUT2D eigenvalue weighted by molar-refractivity contribution is 0.410. The van der Waals surface area contributed by atoms with Gasteiger partial charge in [0.15, 0.2) is 0 Å². The zero-order chi connectivity index (χ0) is 7.84. The number of pyridine rings is 1. The van der Waals surface area contributed by atoms with Gasteiger partial charge < -0.3 is 4.74 Å². The Bertz CT molecular complexity index is 283. The van der Waals surface area contributed by atoms with Crippen LogP contribution in [0.1, 0.15) is 17.4 Å². The highest BCUT2D eigenvalue weighted by Gasteiger charge is 2.28. The molecule has 2 rings (SSSR count). The van der Waals surface area contributed by atoms with Crippen LogP contribution in [0.25, 0.3) is 0 Å². The number of nitrogens with zero attached hydrogens (tertiary/aromatic N) is 1. The van der Waals surface area contributed by atoms with E-state index in [1.54, 1.807) is 0 Å². The van der Waals surface area contributed by atoms with Crippen molar-refractivity contribution in [1.82, 2.24) is 4.98 Å². The molecule has 0 aliphatic carbocycles. The van der Waals surface area contributed by atoms with Gasteiger partial charge >= 0.3 is 0 Å². The van der Waals surface area contributed by atoms with Gasteiger partial charge in [-0.2, -0.15) is 0 Å². The van der Waals surface area contributed by atoms with Crippen LogP contribution in [0.2, 0.25) is 0 Å². The summed E-state index contributed by atoms with van der Waals surface area (Å²) in [5, 5.41) is 0. The molecule has 1 unspecified atom stereocenters. The van der Waals surface area contributed by atoms with Crippen molar-refractivity contribution >= 4 is 15.9 Å². The molecule has 0 N–H and O–H groups in total. The quantitative estimate of drug-likeness (QED) is 0.669. The minimum atomic E-state index is 0.240. The smallest absolute Gasteiger partial charge is 0.124 e. The molecular formula is C8H8BrNO. The lowest BCUT2D eigenvalue weighted by Crippen LogP contribution is -1.90. The number of halogens is 1. The summed E-state index contributed by atoms with van der Waals surface area (Å²) in [7, 11) is 0. The molecule has 3 heteroatoms. The molecule has 0 aromatic carbocycles. The van der Waals surface area contributed by atoms with Crippen molar-refractivity contribution in [2.24, 2.45) is 0 Å². The van der Waals surface area contributed by atoms with Gasteiger partial charge in [0.05, 0.1) is 12.3 Å². The molecule has 1 aliphatic heterocycles. The summed E-state index contributed by atoms with van der Waals surface area (Å²) in [5.41, 5.74) is 2.25. The van der Waals surface area contributed by atoms with E-state index in [9.17, 15) is 0 Å². The molecule has 11 heavy (non-hydrogen) atoms. The summed E-state index contributed by atoms with van der Waals surface area (Å²) >= 11 is 3.48. The molecule has 1 aliphatic rings. The first-order valence-corrected chi connectivity index (χ1v) is 4.31. The minimum absolute atomic E-state index is 0.240. The van der Waals surface area contributed by atoms with Crippen molar-refractivity contribution in [1.29, 1.82) is 0 Å². The predicted molar refractivity (Wildman–Crippen MR) is 45.4 cm³/mol. The normalized spacial score (nSPS) is 21.8. The minimum Gasteiger partial charge on any atom is -0.366 e. The fourth-order valence-electron chi connectivity index (χ4n) is 0.992. The van der Waals surface area contributed by atoms with Crippen LogP contribution in [0.5, 0.6) is 0 Å². The van der Waals surface area contributed by atoms with Gasteiger partial charge in [0, 0.05) is 10.7 Å². The van der Waals surface area contributed by atoms with Crippen LogP contribution in [0.15, 0.2) is 16.7 Å². The Morgan fingerprint density at radius 2 is 2.45 bits per heavy atom. The molecule has 1 aromatic rings. The molecule has 0 saturated carbocycles. The first-order chi connectivity index (χ1) is 5.29. The standard InChI is InChI=1S/C8H8BrNO/c1-5-2-3-10-8(7(5)9)6-4-11-6/h2-3,6H,4H2,1H3. The molecule has 0 bridgehead atoms. The second-order valence-electron chi connectivity index (χ2n) is 2.65. The van der Waals surface area contributed by atoms with Crippen molar-refractivity contribution in [2.75, 3.05) is 6.61 Å². The number of rotatable bonds is 1. The average molecular weight is 214 g/mol. The Balaban J connectivity index is 2.45. The number of aryl methyl sites for hydroxylation is 1. The Kier molecular flexibility index (Phi) is 1.69. The van der Waals surface area contributed by atoms with E-state index in [0.717, 1.165) is 16.8 Å². The fraction of sp³-hybridized carbons (Fsp3) is 0.375. The third kappa shape index (κ3) is 1.30. The molecule has 1 atom stereocenters. The third-order valence-corrected chi connectivity index (χ3v) is 2.78. The number of hydrogen-bond acceptors (Lipinski definition) is 2. The van der Waals surface area contributed by atoms with E-state index >= 15 is 0 Å². The molecule has 0 radical (unpaired) electrons. The molecule has 0 spiro atoms. The zero-order valence-corrected chi connectivity index (χ0v) is 7.76. The molecule has 1 fully saturated rings. The van der Waals surface area contributed by atoms with Gasteiger partial charge in [-0.3, -0.25) is 4.98 Å². The Morgan fingerprint density at radius 1 is 1.73 bits per heavy atom. The van der Waals surface area contributed by atoms with E-state index in [2.05, 4.69) is 27.8 Å². The monoisotopic (exact) mass is 213 g/mol. The number of hydrogen-bond donors (Lipinski definition) is 0. The maximum absolute atomic E-state index is 5.14. The Labute approximate surface area is 73.7 Å². The predicted octanol–water partition coefficient (Wildman–Crippen LogP) is 2.22. The molecule has 2 nitrogen and oxygen atoms in total. The summed E-state index contributed by atoms with van der Waals surface area (Å²) in [4.78, 5) is 4.23. The van der Waals surface area contributed by atoms with Gasteiger partial charge in [-0.05, 0) is 34.5 Å². The van der Waals surface area contributed by atoms with Crippen LogP contribution in [0.4, 0.5) is 0 Å². The van der Waals surface area contributed by atoms with Crippen molar-refractivity contribution in [2.45, 2.75) is 13.0 Å². The lowest BCUT2D eigenvalue weighted by Gasteiger charge is -2.01. The average Bonchev–Trinajstić information content (AvgIpc) is 2.77. The first kappa shape index (κ1) is 7.25. The van der Waals surface area contributed by atoms with Crippen molar-refractivity contribution in [3.05, 3.63) is 28.0 Å². The number of aromatic nitrogens is 1. The first-order valence-electron chi connectivity index (χ1n) is 3.51. The summed E-state index contributed by atoms with van der Waals surface area (Å²) in [6.45, 7) is 2.87. The second-order valence-corrected chi connectivity index (χ2v) is 3.44. The van der Waals surface area contributed by atoms with E-state index in [1.165, 1.54) is 5.56 Å². The van der Waals surface area contributed by atoms with Crippen molar-refractivity contribution < 1.29 is 4.74 Å². The number of ether oxygens (including phenoxy) is 1. The number of epoxide rings is 1. The van der Waals surface area contributed by atoms with E-state index in [-0.39, 0.29) is 6.10 Å². The van der Waals surface area contributed by atoms with E-state index in [0.29, 0.717) is 0 Å². The highest BCUT2D eigenvalue weighted by molar-refractivity contribution is 9.10. The topological polar surface area (TPSA) is 25.4 Å². The molecule has 0 amide bonds. The highest BCUT2D eigenvalue weighted by atomic mass is 79.9. The van der Waals surface area contributed by atoms with Crippen LogP contribution < -0.4 is 0 Å². The van der Waals surface area contributed by atoms with Gasteiger partial charge in [-0.25, -0.2) is 0 Å². The summed E-state index contributed by atoms with van der Waals surface area (Å²) < 4.78 is 6.22. The van der Waals surface area contributed by atoms with Gasteiger partial charge in [0.2, 0.25) is 0 Å². The highest BCUT2D eigenvalue weighted by Crippen LogP contribution is 2.34. The van der Waals surface area contributed by atoms with Crippen LogP contribution >= 0.6 is 15.9 Å². The van der Waals surface area contributed by atoms with Crippen molar-refractivity contribution in [3.63, 3.8) is 0 Å². The fourth-order valence-corrected chi connectivity index (χ4v) is 1.48. The van der Waals surface area contributed by atoms with Crippen LogP contribution in [-0.2, 0) is 4.74 Å². The van der Waals surface area contributed by atoms with Crippen LogP contribution in [0, 0.1) is 6.92 Å². The van der Waals surface area contributed by atoms with Crippen molar-refractivity contribution in [3.8, 4) is 0 Å². The van der Waals surface area contributed by atoms with Gasteiger partial charge in [0.1, 0.15) is 6.10 Å². The summed E-state index contributed by atoms with van der Waals surface area (Å²) in [5.74, 6) is 0. The molecular weight excluding hydrogens is 206 g/mol. The van der Waals surface area contributed by atoms with E-state index in [1.807, 2.05) is 12.3 Å². The van der Waals surface area contributed by atoms with Gasteiger partial charge in [0.25, 0.3) is 0 Å². The largest absolute Gasteiger partial charge is 0.366 e. The summed E-state index contributed by atoms with van der Waals surface area (Å²) in [6.07, 6.45) is 2.06. The van der Waals surface area contributed by atoms with Gasteiger partial charge in [-0.15, -0.1) is 0 Å². The molecule has 1 aromatic heterocycles.